The molecule has 0 saturated heterocycles. The van der Waals surface area contributed by atoms with Gasteiger partial charge in [-0.15, -0.1) is 0 Å². The van der Waals surface area contributed by atoms with Gasteiger partial charge in [0.25, 0.3) is 0 Å². The molecule has 1 aromatic heterocycles. The predicted molar refractivity (Wildman–Crippen MR) is 92.7 cm³/mol. The molecule has 3 rings (SSSR count). The van der Waals surface area contributed by atoms with Crippen molar-refractivity contribution in [2.24, 2.45) is 10.4 Å². The Morgan fingerprint density at radius 2 is 2.00 bits per heavy atom. The molecule has 0 aliphatic carbocycles. The summed E-state index contributed by atoms with van der Waals surface area (Å²) < 4.78 is 23.3. The first-order valence-electron chi connectivity index (χ1n) is 7.67. The van der Waals surface area contributed by atoms with Crippen LogP contribution in [0.25, 0.3) is 0 Å². The maximum atomic E-state index is 14.2. The van der Waals surface area contributed by atoms with E-state index in [4.69, 9.17) is 16.3 Å². The highest BCUT2D eigenvalue weighted by Crippen LogP contribution is 2.32. The summed E-state index contributed by atoms with van der Waals surface area (Å²) in [6.45, 7) is 9.18. The van der Waals surface area contributed by atoms with Crippen LogP contribution in [0.3, 0.4) is 0 Å². The first-order chi connectivity index (χ1) is 11.2. The highest BCUT2D eigenvalue weighted by Gasteiger charge is 2.30. The topological polar surface area (TPSA) is 48.5 Å². The van der Waals surface area contributed by atoms with E-state index < -0.39 is 5.82 Å². The van der Waals surface area contributed by atoms with E-state index in [0.29, 0.717) is 23.6 Å². The molecular formula is C16H19ClFN3O2S. The smallest absolute Gasteiger partial charge is 0.325 e. The van der Waals surface area contributed by atoms with E-state index in [1.54, 1.807) is 4.68 Å². The molecule has 0 bridgehead atoms. The third-order valence-electron chi connectivity index (χ3n) is 3.64. The lowest BCUT2D eigenvalue weighted by atomic mass is 9.95. The van der Waals surface area contributed by atoms with Gasteiger partial charge in [-0.25, -0.2) is 14.1 Å². The average molecular weight is 372 g/mol. The summed E-state index contributed by atoms with van der Waals surface area (Å²) in [5.74, 6) is -0.172. The van der Waals surface area contributed by atoms with Gasteiger partial charge in [0, 0.05) is 18.0 Å². The van der Waals surface area contributed by atoms with Crippen LogP contribution in [0.15, 0.2) is 21.9 Å². The standard InChI is InChI=1S/C16H19ClFN3O2S/c1-9(2)23-13-6-12(11(18)5-10(13)17)19-14-20-7-16(3,4)8-21(20)15(22)24-14/h5-6,9H,7-8H2,1-4H3. The fourth-order valence-corrected chi connectivity index (χ4v) is 3.71. The Morgan fingerprint density at radius 3 is 2.67 bits per heavy atom. The molecule has 1 aromatic carbocycles. The lowest BCUT2D eigenvalue weighted by molar-refractivity contribution is 0.242. The summed E-state index contributed by atoms with van der Waals surface area (Å²) in [6, 6.07) is 2.66. The van der Waals surface area contributed by atoms with Crippen molar-refractivity contribution < 1.29 is 9.13 Å². The van der Waals surface area contributed by atoms with E-state index in [-0.39, 0.29) is 27.1 Å². The van der Waals surface area contributed by atoms with Crippen molar-refractivity contribution in [3.63, 3.8) is 0 Å². The molecule has 24 heavy (non-hydrogen) atoms. The number of ether oxygens (including phenoxy) is 1. The van der Waals surface area contributed by atoms with Crippen LogP contribution >= 0.6 is 22.9 Å². The van der Waals surface area contributed by atoms with E-state index >= 15 is 0 Å². The van der Waals surface area contributed by atoms with Gasteiger partial charge in [-0.1, -0.05) is 25.4 Å². The zero-order chi connectivity index (χ0) is 17.6. The second-order valence-corrected chi connectivity index (χ2v) is 8.27. The van der Waals surface area contributed by atoms with Crippen molar-refractivity contribution in [1.29, 1.82) is 0 Å². The highest BCUT2D eigenvalue weighted by molar-refractivity contribution is 7.06. The Labute approximate surface area is 148 Å². The molecular weight excluding hydrogens is 353 g/mol. The lowest BCUT2D eigenvalue weighted by Gasteiger charge is -2.13. The first-order valence-corrected chi connectivity index (χ1v) is 8.87. The molecule has 0 N–H and O–H groups in total. The van der Waals surface area contributed by atoms with Crippen LogP contribution in [0, 0.1) is 11.2 Å². The molecule has 0 unspecified atom stereocenters. The van der Waals surface area contributed by atoms with Gasteiger partial charge in [-0.3, -0.25) is 9.48 Å². The third kappa shape index (κ3) is 3.28. The second kappa shape index (κ2) is 6.04. The Bertz CT molecular complexity index is 911. The monoisotopic (exact) mass is 371 g/mol. The summed E-state index contributed by atoms with van der Waals surface area (Å²) in [4.78, 5) is 16.9. The molecule has 0 fully saturated rings. The van der Waals surface area contributed by atoms with Gasteiger partial charge in [0.15, 0.2) is 5.82 Å². The number of rotatable bonds is 3. The number of fused-ring (bicyclic) bond motifs is 1. The van der Waals surface area contributed by atoms with Gasteiger partial charge in [0.1, 0.15) is 11.4 Å². The summed E-state index contributed by atoms with van der Waals surface area (Å²) in [7, 11) is 0. The van der Waals surface area contributed by atoms with Crippen molar-refractivity contribution >= 4 is 28.6 Å². The first kappa shape index (κ1) is 17.2. The molecule has 2 aromatic rings. The van der Waals surface area contributed by atoms with E-state index in [0.717, 1.165) is 11.3 Å². The zero-order valence-corrected chi connectivity index (χ0v) is 15.5. The van der Waals surface area contributed by atoms with Gasteiger partial charge < -0.3 is 4.74 Å². The van der Waals surface area contributed by atoms with Crippen molar-refractivity contribution in [2.75, 3.05) is 0 Å². The molecule has 0 radical (unpaired) electrons. The lowest BCUT2D eigenvalue weighted by Crippen LogP contribution is -2.20. The van der Waals surface area contributed by atoms with Crippen LogP contribution in [0.5, 0.6) is 5.75 Å². The van der Waals surface area contributed by atoms with Gasteiger partial charge in [-0.2, -0.15) is 0 Å². The fraction of sp³-hybridized carbons (Fsp3) is 0.500. The maximum absolute atomic E-state index is 14.2. The Hall–Kier alpha value is -1.60. The highest BCUT2D eigenvalue weighted by atomic mass is 35.5. The third-order valence-corrected chi connectivity index (χ3v) is 4.80. The molecule has 8 heteroatoms. The van der Waals surface area contributed by atoms with Crippen LogP contribution in [-0.2, 0) is 13.1 Å². The number of nitrogens with zero attached hydrogens (tertiary/aromatic N) is 3. The molecule has 5 nitrogen and oxygen atoms in total. The molecule has 1 aliphatic heterocycles. The molecule has 2 heterocycles. The predicted octanol–water partition coefficient (Wildman–Crippen LogP) is 3.56. The van der Waals surface area contributed by atoms with Crippen LogP contribution in [-0.4, -0.2) is 15.5 Å². The molecule has 0 atom stereocenters. The number of aromatic nitrogens is 2. The minimum absolute atomic E-state index is 0.0259. The number of hydrogen-bond acceptors (Lipinski definition) is 4. The van der Waals surface area contributed by atoms with E-state index in [1.807, 2.05) is 18.5 Å². The molecule has 1 aliphatic rings. The van der Waals surface area contributed by atoms with Crippen molar-refractivity contribution in [2.45, 2.75) is 46.9 Å². The summed E-state index contributed by atoms with van der Waals surface area (Å²) in [5, 5.41) is 0.198. The second-order valence-electron chi connectivity index (χ2n) is 6.94. The van der Waals surface area contributed by atoms with Crippen LogP contribution in [0.4, 0.5) is 10.1 Å². The average Bonchev–Trinajstić information content (AvgIpc) is 2.90. The Kier molecular flexibility index (Phi) is 4.34. The van der Waals surface area contributed by atoms with Crippen molar-refractivity contribution in [1.82, 2.24) is 9.36 Å². The minimum Gasteiger partial charge on any atom is -0.489 e. The van der Waals surface area contributed by atoms with Gasteiger partial charge in [0.05, 0.1) is 17.7 Å². The zero-order valence-electron chi connectivity index (χ0n) is 14.0. The van der Waals surface area contributed by atoms with Gasteiger partial charge in [0.2, 0.25) is 4.80 Å². The quantitative estimate of drug-likeness (QED) is 0.828. The van der Waals surface area contributed by atoms with Crippen LogP contribution in [0.2, 0.25) is 5.02 Å². The largest absolute Gasteiger partial charge is 0.489 e. The van der Waals surface area contributed by atoms with E-state index in [1.165, 1.54) is 12.1 Å². The maximum Gasteiger partial charge on any atom is 0.325 e. The van der Waals surface area contributed by atoms with Crippen molar-refractivity contribution in [3.05, 3.63) is 37.4 Å². The molecule has 0 spiro atoms. The molecule has 0 amide bonds. The Balaban J connectivity index is 2.11. The van der Waals surface area contributed by atoms with Gasteiger partial charge in [-0.05, 0) is 31.3 Å². The van der Waals surface area contributed by atoms with Gasteiger partial charge >= 0.3 is 4.87 Å². The van der Waals surface area contributed by atoms with E-state index in [2.05, 4.69) is 18.8 Å². The number of benzene rings is 1. The molecule has 130 valence electrons. The van der Waals surface area contributed by atoms with Crippen molar-refractivity contribution in [3.8, 4) is 5.75 Å². The van der Waals surface area contributed by atoms with E-state index in [9.17, 15) is 9.18 Å². The number of halogens is 2. The minimum atomic E-state index is -0.548. The van der Waals surface area contributed by atoms with Crippen LogP contribution in [0.1, 0.15) is 27.7 Å². The van der Waals surface area contributed by atoms with Crippen LogP contribution < -0.4 is 14.4 Å². The summed E-state index contributed by atoms with van der Waals surface area (Å²) in [6.07, 6.45) is -0.0919. The summed E-state index contributed by atoms with van der Waals surface area (Å²) >= 11 is 7.03. The molecule has 0 saturated carbocycles. The Morgan fingerprint density at radius 1 is 1.33 bits per heavy atom. The summed E-state index contributed by atoms with van der Waals surface area (Å²) in [5.41, 5.74) is 0.0823. The number of hydrogen-bond donors (Lipinski definition) is 0. The fourth-order valence-electron chi connectivity index (χ4n) is 2.68. The normalized spacial score (nSPS) is 16.7. The SMILES string of the molecule is CC(C)Oc1cc(N=c2sc(=O)n3n2CC(C)(C)C3)c(F)cc1Cl.